The zero-order valence-electron chi connectivity index (χ0n) is 17.2. The highest BCUT2D eigenvalue weighted by Crippen LogP contribution is 2.29. The number of hydrogen-bond donors (Lipinski definition) is 0. The van der Waals surface area contributed by atoms with Gasteiger partial charge in [-0.2, -0.15) is 0 Å². The highest BCUT2D eigenvalue weighted by Gasteiger charge is 2.27. The first-order valence-electron chi connectivity index (χ1n) is 10.6. The lowest BCUT2D eigenvalue weighted by Gasteiger charge is -2.33. The molecule has 2 aromatic rings. The number of nitrogens with zero attached hydrogens (tertiary/aromatic N) is 1. The molecule has 6 heteroatoms. The van der Waals surface area contributed by atoms with Gasteiger partial charge in [-0.3, -0.25) is 4.79 Å². The Morgan fingerprint density at radius 2 is 1.93 bits per heavy atom. The predicted octanol–water partition coefficient (Wildman–Crippen LogP) is 3.32. The number of hydrogen-bond acceptors (Lipinski definition) is 5. The second kappa shape index (κ2) is 8.57. The second-order valence-corrected chi connectivity index (χ2v) is 8.20. The minimum Gasteiger partial charge on any atom is -0.481 e. The van der Waals surface area contributed by atoms with Crippen molar-refractivity contribution in [3.63, 3.8) is 0 Å². The molecule has 2 heterocycles. The van der Waals surface area contributed by atoms with Gasteiger partial charge in [-0.15, -0.1) is 0 Å². The van der Waals surface area contributed by atoms with Crippen LogP contribution in [0.4, 0.5) is 0 Å². The summed E-state index contributed by atoms with van der Waals surface area (Å²) in [6, 6.07) is 5.55. The number of carbonyl (C=O) groups excluding carboxylic acids is 1. The quantitative estimate of drug-likeness (QED) is 0.722. The number of aryl methyl sites for hydroxylation is 1. The highest BCUT2D eigenvalue weighted by atomic mass is 16.5. The van der Waals surface area contributed by atoms with E-state index in [2.05, 4.69) is 0 Å². The van der Waals surface area contributed by atoms with E-state index in [0.29, 0.717) is 17.3 Å². The molecule has 0 bridgehead atoms. The SMILES string of the molecule is COCC1CCN(C(=O)C(C)Oc2ccc3c4c(c(=O)oc3c2)CCCC4)CC1. The lowest BCUT2D eigenvalue weighted by molar-refractivity contribution is -0.139. The maximum absolute atomic E-state index is 12.8. The van der Waals surface area contributed by atoms with Crippen LogP contribution in [-0.2, 0) is 22.4 Å². The molecule has 0 spiro atoms. The van der Waals surface area contributed by atoms with Crippen molar-refractivity contribution < 1.29 is 18.7 Å². The molecule has 1 fully saturated rings. The molecule has 156 valence electrons. The van der Waals surface area contributed by atoms with Gasteiger partial charge in [0, 0.05) is 43.8 Å². The largest absolute Gasteiger partial charge is 0.481 e. The summed E-state index contributed by atoms with van der Waals surface area (Å²) in [5, 5.41) is 0.978. The highest BCUT2D eigenvalue weighted by molar-refractivity contribution is 5.84. The van der Waals surface area contributed by atoms with Crippen molar-refractivity contribution in [1.29, 1.82) is 0 Å². The van der Waals surface area contributed by atoms with Crippen LogP contribution < -0.4 is 10.4 Å². The number of piperidine rings is 1. The summed E-state index contributed by atoms with van der Waals surface area (Å²) in [5.41, 5.74) is 2.22. The number of likely N-dealkylation sites (tertiary alicyclic amines) is 1. The Hall–Kier alpha value is -2.34. The van der Waals surface area contributed by atoms with E-state index in [4.69, 9.17) is 13.9 Å². The van der Waals surface area contributed by atoms with Crippen molar-refractivity contribution in [2.75, 3.05) is 26.8 Å². The lowest BCUT2D eigenvalue weighted by Crippen LogP contribution is -2.45. The Bertz CT molecular complexity index is 942. The monoisotopic (exact) mass is 399 g/mol. The van der Waals surface area contributed by atoms with E-state index in [1.807, 2.05) is 17.0 Å². The van der Waals surface area contributed by atoms with E-state index < -0.39 is 6.10 Å². The van der Waals surface area contributed by atoms with Gasteiger partial charge in [0.2, 0.25) is 0 Å². The topological polar surface area (TPSA) is 69.0 Å². The molecule has 4 rings (SSSR count). The van der Waals surface area contributed by atoms with E-state index in [1.54, 1.807) is 20.1 Å². The molecule has 1 aromatic heterocycles. The van der Waals surface area contributed by atoms with Crippen molar-refractivity contribution >= 4 is 16.9 Å². The van der Waals surface area contributed by atoms with Gasteiger partial charge in [-0.25, -0.2) is 4.79 Å². The third-order valence-corrected chi connectivity index (χ3v) is 6.18. The number of benzene rings is 1. The van der Waals surface area contributed by atoms with Crippen LogP contribution in [0.2, 0.25) is 0 Å². The minimum atomic E-state index is -0.587. The molecule has 1 aliphatic heterocycles. The summed E-state index contributed by atoms with van der Waals surface area (Å²) in [7, 11) is 1.72. The Morgan fingerprint density at radius 1 is 1.21 bits per heavy atom. The average Bonchev–Trinajstić information content (AvgIpc) is 2.74. The Labute approximate surface area is 170 Å². The van der Waals surface area contributed by atoms with Gasteiger partial charge >= 0.3 is 5.63 Å². The molecular weight excluding hydrogens is 370 g/mol. The van der Waals surface area contributed by atoms with Crippen molar-refractivity contribution in [1.82, 2.24) is 4.90 Å². The first kappa shape index (κ1) is 20.0. The molecule has 1 amide bonds. The van der Waals surface area contributed by atoms with E-state index in [1.165, 1.54) is 0 Å². The van der Waals surface area contributed by atoms with E-state index in [0.717, 1.165) is 74.7 Å². The zero-order valence-corrected chi connectivity index (χ0v) is 17.2. The lowest BCUT2D eigenvalue weighted by atomic mass is 9.91. The van der Waals surface area contributed by atoms with Crippen molar-refractivity contribution in [3.05, 3.63) is 39.7 Å². The predicted molar refractivity (Wildman–Crippen MR) is 110 cm³/mol. The van der Waals surface area contributed by atoms with Crippen molar-refractivity contribution in [2.24, 2.45) is 5.92 Å². The minimum absolute atomic E-state index is 0.00661. The number of methoxy groups -OCH3 is 1. The molecule has 1 unspecified atom stereocenters. The van der Waals surface area contributed by atoms with Gasteiger partial charge in [0.05, 0.1) is 0 Å². The van der Waals surface area contributed by atoms with E-state index >= 15 is 0 Å². The van der Waals surface area contributed by atoms with Crippen molar-refractivity contribution in [3.8, 4) is 5.75 Å². The van der Waals surface area contributed by atoms with E-state index in [9.17, 15) is 9.59 Å². The summed E-state index contributed by atoms with van der Waals surface area (Å²) in [4.78, 5) is 27.0. The normalized spacial score (nSPS) is 18.5. The Morgan fingerprint density at radius 3 is 2.66 bits per heavy atom. The van der Waals surface area contributed by atoms with Crippen LogP contribution in [0.3, 0.4) is 0 Å². The smallest absolute Gasteiger partial charge is 0.339 e. The molecule has 1 aliphatic carbocycles. The van der Waals surface area contributed by atoms with Crippen LogP contribution >= 0.6 is 0 Å². The maximum Gasteiger partial charge on any atom is 0.339 e. The standard InChI is InChI=1S/C23H29NO5/c1-15(22(25)24-11-9-16(10-12-24)14-27-2)28-17-7-8-19-18-5-3-4-6-20(18)23(26)29-21(19)13-17/h7-8,13,15-16H,3-6,9-12,14H2,1-2H3. The Kier molecular flexibility index (Phi) is 5.90. The average molecular weight is 399 g/mol. The fraction of sp³-hybridized carbons (Fsp3) is 0.565. The fourth-order valence-corrected chi connectivity index (χ4v) is 4.57. The van der Waals surface area contributed by atoms with Crippen LogP contribution in [0.5, 0.6) is 5.75 Å². The molecule has 0 radical (unpaired) electrons. The number of rotatable bonds is 5. The number of carbonyl (C=O) groups is 1. The molecule has 29 heavy (non-hydrogen) atoms. The zero-order chi connectivity index (χ0) is 20.4. The van der Waals surface area contributed by atoms with Gasteiger partial charge in [0.15, 0.2) is 6.10 Å². The molecule has 1 saturated heterocycles. The Balaban J connectivity index is 1.46. The third kappa shape index (κ3) is 4.17. The number of fused-ring (bicyclic) bond motifs is 3. The molecule has 1 aromatic carbocycles. The summed E-state index contributed by atoms with van der Waals surface area (Å²) in [6.45, 7) is 4.00. The van der Waals surface area contributed by atoms with Crippen LogP contribution in [-0.4, -0.2) is 43.7 Å². The van der Waals surface area contributed by atoms with Crippen LogP contribution in [0.15, 0.2) is 27.4 Å². The van der Waals surface area contributed by atoms with Crippen LogP contribution in [0.25, 0.3) is 11.0 Å². The van der Waals surface area contributed by atoms with Crippen LogP contribution in [0, 0.1) is 5.92 Å². The summed E-state index contributed by atoms with van der Waals surface area (Å²) >= 11 is 0. The fourth-order valence-electron chi connectivity index (χ4n) is 4.57. The van der Waals surface area contributed by atoms with Gasteiger partial charge < -0.3 is 18.8 Å². The second-order valence-electron chi connectivity index (χ2n) is 8.20. The molecule has 0 saturated carbocycles. The third-order valence-electron chi connectivity index (χ3n) is 6.18. The first-order chi connectivity index (χ1) is 14.1. The summed E-state index contributed by atoms with van der Waals surface area (Å²) in [5.74, 6) is 1.06. The van der Waals surface area contributed by atoms with Gasteiger partial charge in [0.1, 0.15) is 11.3 Å². The van der Waals surface area contributed by atoms with E-state index in [-0.39, 0.29) is 11.5 Å². The first-order valence-corrected chi connectivity index (χ1v) is 10.6. The molecule has 2 aliphatic rings. The molecule has 0 N–H and O–H groups in total. The molecular formula is C23H29NO5. The molecule has 1 atom stereocenters. The van der Waals surface area contributed by atoms with Gasteiger partial charge in [-0.05, 0) is 69.1 Å². The summed E-state index contributed by atoms with van der Waals surface area (Å²) < 4.78 is 16.7. The van der Waals surface area contributed by atoms with Gasteiger partial charge in [0.25, 0.3) is 5.91 Å². The number of amides is 1. The maximum atomic E-state index is 12.8. The van der Waals surface area contributed by atoms with Crippen LogP contribution in [0.1, 0.15) is 43.7 Å². The number of ether oxygens (including phenoxy) is 2. The molecule has 6 nitrogen and oxygen atoms in total. The van der Waals surface area contributed by atoms with Gasteiger partial charge in [-0.1, -0.05) is 0 Å². The van der Waals surface area contributed by atoms with Crippen molar-refractivity contribution in [2.45, 2.75) is 51.6 Å². The summed E-state index contributed by atoms with van der Waals surface area (Å²) in [6.07, 6.45) is 5.15.